The maximum atomic E-state index is 9.74. The molecular formula is C15H21BrN2O. The summed E-state index contributed by atoms with van der Waals surface area (Å²) >= 11 is 3.61. The van der Waals surface area contributed by atoms with E-state index in [1.807, 2.05) is 18.2 Å². The quantitative estimate of drug-likeness (QED) is 0.817. The summed E-state index contributed by atoms with van der Waals surface area (Å²) in [7, 11) is 0. The van der Waals surface area contributed by atoms with E-state index in [1.54, 1.807) is 6.07 Å². The van der Waals surface area contributed by atoms with Gasteiger partial charge in [-0.25, -0.2) is 0 Å². The van der Waals surface area contributed by atoms with Gasteiger partial charge in [0.1, 0.15) is 5.75 Å². The molecule has 0 radical (unpaired) electrons. The number of piperazine rings is 1. The predicted molar refractivity (Wildman–Crippen MR) is 82.4 cm³/mol. The molecule has 1 aliphatic heterocycles. The molecule has 0 unspecified atom stereocenters. The van der Waals surface area contributed by atoms with Gasteiger partial charge < -0.3 is 10.4 Å². The third-order valence-corrected chi connectivity index (χ3v) is 4.30. The van der Waals surface area contributed by atoms with Crippen LogP contribution in [0.4, 0.5) is 0 Å². The van der Waals surface area contributed by atoms with Gasteiger partial charge in [-0.3, -0.25) is 4.90 Å². The number of hydrogen-bond donors (Lipinski definition) is 2. The Morgan fingerprint density at radius 3 is 2.84 bits per heavy atom. The first kappa shape index (κ1) is 14.6. The number of aromatic hydroxyl groups is 1. The molecule has 1 aliphatic rings. The average Bonchev–Trinajstić information content (AvgIpc) is 2.44. The molecule has 0 aliphatic carbocycles. The summed E-state index contributed by atoms with van der Waals surface area (Å²) in [5.74, 6) is 0.330. The second-order valence-corrected chi connectivity index (χ2v) is 5.73. The molecule has 0 bridgehead atoms. The SMILES string of the molecule is C=CCC[C@@H](c1cc(O)ccc1Br)N1CCNCC1. The Bertz CT molecular complexity index is 430. The van der Waals surface area contributed by atoms with Crippen LogP contribution in [0.25, 0.3) is 0 Å². The van der Waals surface area contributed by atoms with Gasteiger partial charge in [0.2, 0.25) is 0 Å². The van der Waals surface area contributed by atoms with Crippen molar-refractivity contribution < 1.29 is 5.11 Å². The molecule has 1 aromatic rings. The minimum Gasteiger partial charge on any atom is -0.508 e. The number of nitrogens with one attached hydrogen (secondary N) is 1. The van der Waals surface area contributed by atoms with E-state index >= 15 is 0 Å². The van der Waals surface area contributed by atoms with Crippen LogP contribution in [0.15, 0.2) is 35.3 Å². The monoisotopic (exact) mass is 324 g/mol. The van der Waals surface area contributed by atoms with Crippen LogP contribution < -0.4 is 5.32 Å². The Kier molecular flexibility index (Phi) is 5.43. The summed E-state index contributed by atoms with van der Waals surface area (Å²) in [6, 6.07) is 5.85. The number of halogens is 1. The first-order valence-corrected chi connectivity index (χ1v) is 7.55. The minimum atomic E-state index is 0.330. The number of hydrogen-bond acceptors (Lipinski definition) is 3. The van der Waals surface area contributed by atoms with E-state index < -0.39 is 0 Å². The van der Waals surface area contributed by atoms with E-state index in [1.165, 1.54) is 5.56 Å². The van der Waals surface area contributed by atoms with Crippen LogP contribution in [-0.4, -0.2) is 36.2 Å². The Balaban J connectivity index is 2.24. The van der Waals surface area contributed by atoms with Crippen LogP contribution >= 0.6 is 15.9 Å². The molecule has 3 nitrogen and oxygen atoms in total. The van der Waals surface area contributed by atoms with Crippen molar-refractivity contribution in [3.8, 4) is 5.75 Å². The lowest BCUT2D eigenvalue weighted by Crippen LogP contribution is -2.45. The van der Waals surface area contributed by atoms with Gasteiger partial charge in [0.15, 0.2) is 0 Å². The summed E-state index contributed by atoms with van der Waals surface area (Å²) < 4.78 is 1.07. The molecule has 0 saturated carbocycles. The van der Waals surface area contributed by atoms with Crippen LogP contribution in [0.5, 0.6) is 5.75 Å². The molecule has 19 heavy (non-hydrogen) atoms. The summed E-state index contributed by atoms with van der Waals surface area (Å²) in [5, 5.41) is 13.1. The number of rotatable bonds is 5. The van der Waals surface area contributed by atoms with E-state index in [4.69, 9.17) is 0 Å². The zero-order chi connectivity index (χ0) is 13.7. The molecule has 104 valence electrons. The lowest BCUT2D eigenvalue weighted by Gasteiger charge is -2.35. The molecule has 1 atom stereocenters. The van der Waals surface area contributed by atoms with E-state index in [9.17, 15) is 5.11 Å². The van der Waals surface area contributed by atoms with Crippen molar-refractivity contribution in [1.29, 1.82) is 0 Å². The Labute approximate surface area is 123 Å². The zero-order valence-electron chi connectivity index (χ0n) is 11.1. The summed E-state index contributed by atoms with van der Waals surface area (Å²) in [5.41, 5.74) is 1.17. The van der Waals surface area contributed by atoms with E-state index in [0.717, 1.165) is 43.5 Å². The second-order valence-electron chi connectivity index (χ2n) is 4.87. The number of allylic oxidation sites excluding steroid dienone is 1. The molecule has 1 saturated heterocycles. The van der Waals surface area contributed by atoms with Crippen molar-refractivity contribution >= 4 is 15.9 Å². The van der Waals surface area contributed by atoms with E-state index in [2.05, 4.69) is 32.7 Å². The van der Waals surface area contributed by atoms with Crippen molar-refractivity contribution in [2.24, 2.45) is 0 Å². The van der Waals surface area contributed by atoms with Crippen molar-refractivity contribution in [3.63, 3.8) is 0 Å². The van der Waals surface area contributed by atoms with E-state index in [-0.39, 0.29) is 0 Å². The molecule has 1 fully saturated rings. The molecule has 1 aromatic carbocycles. The molecular weight excluding hydrogens is 304 g/mol. The van der Waals surface area contributed by atoms with Crippen LogP contribution in [-0.2, 0) is 0 Å². The highest BCUT2D eigenvalue weighted by Gasteiger charge is 2.23. The number of phenols is 1. The van der Waals surface area contributed by atoms with Gasteiger partial charge in [-0.2, -0.15) is 0 Å². The third kappa shape index (κ3) is 3.81. The van der Waals surface area contributed by atoms with Gasteiger partial charge in [0, 0.05) is 36.7 Å². The topological polar surface area (TPSA) is 35.5 Å². The zero-order valence-corrected chi connectivity index (χ0v) is 12.7. The lowest BCUT2D eigenvalue weighted by atomic mass is 9.99. The smallest absolute Gasteiger partial charge is 0.115 e. The second kappa shape index (κ2) is 7.08. The fourth-order valence-electron chi connectivity index (χ4n) is 2.59. The maximum absolute atomic E-state index is 9.74. The highest BCUT2D eigenvalue weighted by Crippen LogP contribution is 2.34. The highest BCUT2D eigenvalue weighted by atomic mass is 79.9. The summed E-state index contributed by atoms with van der Waals surface area (Å²) in [6.45, 7) is 7.97. The van der Waals surface area contributed by atoms with Crippen molar-refractivity contribution in [2.75, 3.05) is 26.2 Å². The van der Waals surface area contributed by atoms with Crippen molar-refractivity contribution in [1.82, 2.24) is 10.2 Å². The normalized spacial score (nSPS) is 18.2. The average molecular weight is 325 g/mol. The maximum Gasteiger partial charge on any atom is 0.115 e. The fourth-order valence-corrected chi connectivity index (χ4v) is 3.10. The van der Waals surface area contributed by atoms with Gasteiger partial charge in [-0.05, 0) is 36.6 Å². The molecule has 0 amide bonds. The van der Waals surface area contributed by atoms with Crippen molar-refractivity contribution in [3.05, 3.63) is 40.9 Å². The molecule has 0 spiro atoms. The summed E-state index contributed by atoms with van der Waals surface area (Å²) in [6.07, 6.45) is 3.98. The van der Waals surface area contributed by atoms with Gasteiger partial charge >= 0.3 is 0 Å². The van der Waals surface area contributed by atoms with Crippen LogP contribution in [0.1, 0.15) is 24.4 Å². The largest absolute Gasteiger partial charge is 0.508 e. The fraction of sp³-hybridized carbons (Fsp3) is 0.467. The third-order valence-electron chi connectivity index (χ3n) is 3.58. The summed E-state index contributed by atoms with van der Waals surface area (Å²) in [4.78, 5) is 2.49. The highest BCUT2D eigenvalue weighted by molar-refractivity contribution is 9.10. The standard InChI is InChI=1S/C15H21BrN2O/c1-2-3-4-15(18-9-7-17-8-10-18)13-11-12(19)5-6-14(13)16/h2,5-6,11,15,17,19H,1,3-4,7-10H2/t15-/m0/s1. The number of phenolic OH excluding ortho intramolecular Hbond substituents is 1. The van der Waals surface area contributed by atoms with Crippen LogP contribution in [0.3, 0.4) is 0 Å². The molecule has 2 N–H and O–H groups in total. The van der Waals surface area contributed by atoms with E-state index in [0.29, 0.717) is 11.8 Å². The van der Waals surface area contributed by atoms with Crippen LogP contribution in [0, 0.1) is 0 Å². The van der Waals surface area contributed by atoms with Gasteiger partial charge in [0.25, 0.3) is 0 Å². The molecule has 2 rings (SSSR count). The molecule has 4 heteroatoms. The lowest BCUT2D eigenvalue weighted by molar-refractivity contribution is 0.165. The van der Waals surface area contributed by atoms with Crippen molar-refractivity contribution in [2.45, 2.75) is 18.9 Å². The van der Waals surface area contributed by atoms with Gasteiger partial charge in [-0.15, -0.1) is 6.58 Å². The number of nitrogens with zero attached hydrogens (tertiary/aromatic N) is 1. The molecule has 0 aromatic heterocycles. The first-order valence-electron chi connectivity index (χ1n) is 6.76. The van der Waals surface area contributed by atoms with Crippen LogP contribution in [0.2, 0.25) is 0 Å². The first-order chi connectivity index (χ1) is 9.22. The Morgan fingerprint density at radius 2 is 2.16 bits per heavy atom. The molecule has 1 heterocycles. The van der Waals surface area contributed by atoms with Gasteiger partial charge in [0.05, 0.1) is 0 Å². The van der Waals surface area contributed by atoms with Gasteiger partial charge in [-0.1, -0.05) is 22.0 Å². The Hall–Kier alpha value is -0.840. The minimum absolute atomic E-state index is 0.330. The number of benzene rings is 1. The Morgan fingerprint density at radius 1 is 1.42 bits per heavy atom. The predicted octanol–water partition coefficient (Wildman–Crippen LogP) is 3.07.